The van der Waals surface area contributed by atoms with Gasteiger partial charge in [0.1, 0.15) is 6.26 Å². The van der Waals surface area contributed by atoms with E-state index in [1.165, 1.54) is 6.26 Å². The number of carbonyl (C=O) groups excluding carboxylic acids is 1. The van der Waals surface area contributed by atoms with Gasteiger partial charge in [-0.05, 0) is 23.8 Å². The number of carbonyl (C=O) groups is 1. The van der Waals surface area contributed by atoms with Crippen molar-refractivity contribution in [1.82, 2.24) is 9.88 Å². The Kier molecular flexibility index (Phi) is 4.07. The van der Waals surface area contributed by atoms with Crippen molar-refractivity contribution >= 4 is 17.2 Å². The third kappa shape index (κ3) is 3.16. The predicted octanol–water partition coefficient (Wildman–Crippen LogP) is 2.17. The van der Waals surface area contributed by atoms with Crippen LogP contribution in [-0.2, 0) is 11.2 Å². The summed E-state index contributed by atoms with van der Waals surface area (Å²) in [6.45, 7) is 3.12. The summed E-state index contributed by atoms with van der Waals surface area (Å²) in [6, 6.07) is 3.87. The van der Waals surface area contributed by atoms with Crippen molar-refractivity contribution < 1.29 is 14.3 Å². The van der Waals surface area contributed by atoms with E-state index in [2.05, 4.69) is 4.98 Å². The van der Waals surface area contributed by atoms with Crippen LogP contribution in [0, 0.1) is 5.92 Å². The monoisotopic (exact) mass is 306 g/mol. The van der Waals surface area contributed by atoms with Gasteiger partial charge in [0.2, 0.25) is 11.8 Å². The van der Waals surface area contributed by atoms with Gasteiger partial charge in [-0.15, -0.1) is 11.3 Å². The molecule has 6 heteroatoms. The minimum absolute atomic E-state index is 0.00743. The van der Waals surface area contributed by atoms with Crippen molar-refractivity contribution in [2.24, 2.45) is 5.92 Å². The van der Waals surface area contributed by atoms with E-state index in [-0.39, 0.29) is 18.2 Å². The Morgan fingerprint density at radius 1 is 1.62 bits per heavy atom. The highest BCUT2D eigenvalue weighted by molar-refractivity contribution is 7.13. The summed E-state index contributed by atoms with van der Waals surface area (Å²) in [7, 11) is 0. The molecule has 0 radical (unpaired) electrons. The van der Waals surface area contributed by atoms with Crippen molar-refractivity contribution in [2.45, 2.75) is 25.9 Å². The van der Waals surface area contributed by atoms with E-state index >= 15 is 0 Å². The Labute approximate surface area is 127 Å². The fourth-order valence-electron chi connectivity index (χ4n) is 2.44. The van der Waals surface area contributed by atoms with E-state index < -0.39 is 6.10 Å². The van der Waals surface area contributed by atoms with Crippen molar-refractivity contribution in [3.63, 3.8) is 0 Å². The van der Waals surface area contributed by atoms with Crippen LogP contribution < -0.4 is 0 Å². The number of rotatable bonds is 3. The number of thiophene rings is 1. The Morgan fingerprint density at radius 2 is 2.48 bits per heavy atom. The number of piperidine rings is 1. The number of aliphatic hydroxyl groups is 1. The molecule has 2 aromatic rings. The molecule has 0 aliphatic carbocycles. The first-order valence-electron chi connectivity index (χ1n) is 7.07. The first-order valence-corrected chi connectivity index (χ1v) is 7.95. The third-order valence-electron chi connectivity index (χ3n) is 3.89. The van der Waals surface area contributed by atoms with Gasteiger partial charge in [0, 0.05) is 13.1 Å². The molecule has 1 fully saturated rings. The SMILES string of the molecule is CC1CCN(C(=O)Cc2coc(-c3cccs3)n2)CC1O. The molecule has 3 rings (SSSR count). The summed E-state index contributed by atoms with van der Waals surface area (Å²) in [4.78, 5) is 19.3. The van der Waals surface area contributed by atoms with Crippen LogP contribution in [0.2, 0.25) is 0 Å². The summed E-state index contributed by atoms with van der Waals surface area (Å²) in [6.07, 6.45) is 2.17. The van der Waals surface area contributed by atoms with Gasteiger partial charge >= 0.3 is 0 Å². The quantitative estimate of drug-likeness (QED) is 0.944. The molecule has 1 aliphatic rings. The zero-order valence-electron chi connectivity index (χ0n) is 11.9. The molecule has 2 unspecified atom stereocenters. The van der Waals surface area contributed by atoms with Crippen LogP contribution in [0.1, 0.15) is 19.0 Å². The van der Waals surface area contributed by atoms with Crippen molar-refractivity contribution in [3.05, 3.63) is 29.5 Å². The number of hydrogen-bond acceptors (Lipinski definition) is 5. The van der Waals surface area contributed by atoms with E-state index in [0.717, 1.165) is 11.3 Å². The number of hydrogen-bond donors (Lipinski definition) is 1. The summed E-state index contributed by atoms with van der Waals surface area (Å²) in [5.74, 6) is 0.804. The van der Waals surface area contributed by atoms with Crippen LogP contribution >= 0.6 is 11.3 Å². The van der Waals surface area contributed by atoms with Crippen LogP contribution in [0.5, 0.6) is 0 Å². The van der Waals surface area contributed by atoms with Gasteiger partial charge in [0.25, 0.3) is 0 Å². The molecule has 1 aliphatic heterocycles. The van der Waals surface area contributed by atoms with Gasteiger partial charge < -0.3 is 14.4 Å². The molecular weight excluding hydrogens is 288 g/mol. The maximum absolute atomic E-state index is 12.3. The zero-order valence-corrected chi connectivity index (χ0v) is 12.7. The number of aromatic nitrogens is 1. The molecule has 0 aromatic carbocycles. The lowest BCUT2D eigenvalue weighted by Gasteiger charge is -2.34. The highest BCUT2D eigenvalue weighted by Crippen LogP contribution is 2.24. The molecule has 2 aromatic heterocycles. The van der Waals surface area contributed by atoms with Crippen LogP contribution in [0.15, 0.2) is 28.2 Å². The van der Waals surface area contributed by atoms with Gasteiger partial charge in [0.15, 0.2) is 0 Å². The highest BCUT2D eigenvalue weighted by Gasteiger charge is 2.27. The second-order valence-corrected chi connectivity index (χ2v) is 6.42. The van der Waals surface area contributed by atoms with Gasteiger partial charge in [-0.25, -0.2) is 4.98 Å². The molecule has 0 saturated carbocycles. The number of β-amino-alcohol motifs (C(OH)–C–C–N with tert-alkyl or cyclic N) is 1. The molecule has 3 heterocycles. The second-order valence-electron chi connectivity index (χ2n) is 5.47. The predicted molar refractivity (Wildman–Crippen MR) is 79.9 cm³/mol. The van der Waals surface area contributed by atoms with Gasteiger partial charge in [-0.2, -0.15) is 0 Å². The number of nitrogens with zero attached hydrogens (tertiary/aromatic N) is 2. The average molecular weight is 306 g/mol. The van der Waals surface area contributed by atoms with Crippen molar-refractivity contribution in [3.8, 4) is 10.8 Å². The molecular formula is C15H18N2O3S. The first kappa shape index (κ1) is 14.3. The van der Waals surface area contributed by atoms with Crippen molar-refractivity contribution in [1.29, 1.82) is 0 Å². The molecule has 1 N–H and O–H groups in total. The second kappa shape index (κ2) is 5.99. The Bertz CT molecular complexity index is 608. The average Bonchev–Trinajstić information content (AvgIpc) is 3.12. The number of likely N-dealkylation sites (tertiary alicyclic amines) is 1. The molecule has 2 atom stereocenters. The summed E-state index contributed by atoms with van der Waals surface area (Å²) in [5.41, 5.74) is 0.636. The first-order chi connectivity index (χ1) is 10.1. The van der Waals surface area contributed by atoms with Crippen molar-refractivity contribution in [2.75, 3.05) is 13.1 Å². The van der Waals surface area contributed by atoms with Crippen LogP contribution in [0.4, 0.5) is 0 Å². The Balaban J connectivity index is 1.63. The fraction of sp³-hybridized carbons (Fsp3) is 0.467. The normalized spacial score (nSPS) is 22.5. The van der Waals surface area contributed by atoms with Gasteiger partial charge in [0.05, 0.1) is 23.1 Å². The molecule has 0 spiro atoms. The maximum atomic E-state index is 12.3. The third-order valence-corrected chi connectivity index (χ3v) is 4.75. The van der Waals surface area contributed by atoms with Gasteiger partial charge in [-0.3, -0.25) is 4.79 Å². The largest absolute Gasteiger partial charge is 0.444 e. The van der Waals surface area contributed by atoms with Crippen LogP contribution in [0.25, 0.3) is 10.8 Å². The lowest BCUT2D eigenvalue weighted by atomic mass is 9.96. The summed E-state index contributed by atoms with van der Waals surface area (Å²) in [5, 5.41) is 11.8. The molecule has 1 saturated heterocycles. The molecule has 21 heavy (non-hydrogen) atoms. The molecule has 112 valence electrons. The van der Waals surface area contributed by atoms with E-state index in [1.807, 2.05) is 24.4 Å². The summed E-state index contributed by atoms with van der Waals surface area (Å²) >= 11 is 1.55. The minimum atomic E-state index is -0.429. The summed E-state index contributed by atoms with van der Waals surface area (Å²) < 4.78 is 5.41. The standard InChI is InChI=1S/C15H18N2O3S/c1-10-4-5-17(8-12(10)18)14(19)7-11-9-20-15(16-11)13-3-2-6-21-13/h2-3,6,9-10,12,18H,4-5,7-8H2,1H3. The molecule has 5 nitrogen and oxygen atoms in total. The highest BCUT2D eigenvalue weighted by atomic mass is 32.1. The zero-order chi connectivity index (χ0) is 14.8. The lowest BCUT2D eigenvalue weighted by Crippen LogP contribution is -2.46. The fourth-order valence-corrected chi connectivity index (χ4v) is 3.10. The van der Waals surface area contributed by atoms with Gasteiger partial charge in [-0.1, -0.05) is 13.0 Å². The topological polar surface area (TPSA) is 66.6 Å². The maximum Gasteiger partial charge on any atom is 0.236 e. The minimum Gasteiger partial charge on any atom is -0.444 e. The van der Waals surface area contributed by atoms with E-state index in [9.17, 15) is 9.90 Å². The van der Waals surface area contributed by atoms with E-state index in [1.54, 1.807) is 16.2 Å². The number of oxazole rings is 1. The molecule has 1 amide bonds. The van der Waals surface area contributed by atoms with Crippen LogP contribution in [-0.4, -0.2) is 40.1 Å². The Hall–Kier alpha value is -1.66. The lowest BCUT2D eigenvalue weighted by molar-refractivity contribution is -0.134. The molecule has 0 bridgehead atoms. The smallest absolute Gasteiger partial charge is 0.236 e. The van der Waals surface area contributed by atoms with Crippen LogP contribution in [0.3, 0.4) is 0 Å². The van der Waals surface area contributed by atoms with E-state index in [4.69, 9.17) is 4.42 Å². The van der Waals surface area contributed by atoms with E-state index in [0.29, 0.717) is 24.7 Å². The Morgan fingerprint density at radius 3 is 3.19 bits per heavy atom. The number of aliphatic hydroxyl groups excluding tert-OH is 1. The number of amides is 1.